The van der Waals surface area contributed by atoms with E-state index in [1.54, 1.807) is 12.5 Å². The minimum Gasteiger partial charge on any atom is -0.391 e. The summed E-state index contributed by atoms with van der Waals surface area (Å²) >= 11 is 0. The molecule has 1 saturated heterocycles. The van der Waals surface area contributed by atoms with Crippen LogP contribution >= 0.6 is 0 Å². The second-order valence-electron chi connectivity index (χ2n) is 3.71. The Morgan fingerprint density at radius 2 is 2.43 bits per heavy atom. The summed E-state index contributed by atoms with van der Waals surface area (Å²) in [7, 11) is 0. The van der Waals surface area contributed by atoms with Crippen molar-refractivity contribution in [2.45, 2.75) is 31.9 Å². The molecule has 1 aliphatic heterocycles. The van der Waals surface area contributed by atoms with E-state index in [9.17, 15) is 5.11 Å². The van der Waals surface area contributed by atoms with E-state index in [0.717, 1.165) is 25.2 Å². The number of aliphatic hydroxyl groups is 1. The zero-order valence-corrected chi connectivity index (χ0v) is 8.30. The number of piperidine rings is 1. The van der Waals surface area contributed by atoms with Crippen LogP contribution < -0.4 is 4.90 Å². The van der Waals surface area contributed by atoms with Gasteiger partial charge in [0.05, 0.1) is 12.1 Å². The van der Waals surface area contributed by atoms with E-state index in [2.05, 4.69) is 14.9 Å². The molecule has 0 bridgehead atoms. The van der Waals surface area contributed by atoms with Gasteiger partial charge < -0.3 is 10.0 Å². The van der Waals surface area contributed by atoms with Crippen LogP contribution in [0.3, 0.4) is 0 Å². The van der Waals surface area contributed by atoms with Crippen LogP contribution in [0.1, 0.15) is 19.8 Å². The van der Waals surface area contributed by atoms with E-state index in [1.807, 2.05) is 13.0 Å². The standard InChI is InChI=1S/C10H15N3O/c1-8-9(14)3-2-6-13(8)10-4-5-11-7-12-10/h4-5,7-9,14H,2-3,6H2,1H3. The van der Waals surface area contributed by atoms with Gasteiger partial charge in [-0.3, -0.25) is 0 Å². The number of aliphatic hydroxyl groups excluding tert-OH is 1. The first-order chi connectivity index (χ1) is 6.79. The Morgan fingerprint density at radius 1 is 1.57 bits per heavy atom. The Balaban J connectivity index is 2.17. The molecule has 0 saturated carbocycles. The quantitative estimate of drug-likeness (QED) is 0.717. The summed E-state index contributed by atoms with van der Waals surface area (Å²) in [6, 6.07) is 2.04. The molecule has 1 aliphatic rings. The summed E-state index contributed by atoms with van der Waals surface area (Å²) < 4.78 is 0. The van der Waals surface area contributed by atoms with Gasteiger partial charge in [-0.2, -0.15) is 0 Å². The topological polar surface area (TPSA) is 49.2 Å². The van der Waals surface area contributed by atoms with Crippen molar-refractivity contribution in [2.75, 3.05) is 11.4 Å². The summed E-state index contributed by atoms with van der Waals surface area (Å²) in [6.07, 6.45) is 4.95. The molecule has 14 heavy (non-hydrogen) atoms. The third-order valence-electron chi connectivity index (χ3n) is 2.81. The van der Waals surface area contributed by atoms with Crippen LogP contribution in [0.15, 0.2) is 18.6 Å². The maximum atomic E-state index is 9.72. The highest BCUT2D eigenvalue weighted by Crippen LogP contribution is 2.22. The molecule has 1 aromatic heterocycles. The van der Waals surface area contributed by atoms with E-state index >= 15 is 0 Å². The van der Waals surface area contributed by atoms with Crippen molar-refractivity contribution in [1.82, 2.24) is 9.97 Å². The van der Waals surface area contributed by atoms with Crippen LogP contribution in [0, 0.1) is 0 Å². The van der Waals surface area contributed by atoms with Crippen molar-refractivity contribution in [3.05, 3.63) is 18.6 Å². The lowest BCUT2D eigenvalue weighted by molar-refractivity contribution is 0.119. The van der Waals surface area contributed by atoms with Crippen molar-refractivity contribution >= 4 is 5.82 Å². The first kappa shape index (κ1) is 9.40. The van der Waals surface area contributed by atoms with Gasteiger partial charge in [0, 0.05) is 12.7 Å². The lowest BCUT2D eigenvalue weighted by Crippen LogP contribution is -2.46. The number of aromatic nitrogens is 2. The zero-order valence-electron chi connectivity index (χ0n) is 8.30. The van der Waals surface area contributed by atoms with E-state index in [-0.39, 0.29) is 12.1 Å². The molecule has 1 fully saturated rings. The lowest BCUT2D eigenvalue weighted by atomic mass is 10.0. The van der Waals surface area contributed by atoms with E-state index in [4.69, 9.17) is 0 Å². The summed E-state index contributed by atoms with van der Waals surface area (Å²) in [4.78, 5) is 10.2. The summed E-state index contributed by atoms with van der Waals surface area (Å²) in [5.41, 5.74) is 0. The Bertz CT molecular complexity index is 291. The van der Waals surface area contributed by atoms with Crippen LogP contribution in [-0.4, -0.2) is 33.8 Å². The van der Waals surface area contributed by atoms with Crippen molar-refractivity contribution < 1.29 is 5.11 Å². The third-order valence-corrected chi connectivity index (χ3v) is 2.81. The van der Waals surface area contributed by atoms with Gasteiger partial charge in [0.1, 0.15) is 12.1 Å². The Morgan fingerprint density at radius 3 is 3.14 bits per heavy atom. The number of anilines is 1. The van der Waals surface area contributed by atoms with Gasteiger partial charge in [0.25, 0.3) is 0 Å². The molecular formula is C10H15N3O. The fourth-order valence-corrected chi connectivity index (χ4v) is 1.90. The van der Waals surface area contributed by atoms with Crippen molar-refractivity contribution in [2.24, 2.45) is 0 Å². The minimum absolute atomic E-state index is 0.152. The Hall–Kier alpha value is -1.16. The van der Waals surface area contributed by atoms with Crippen molar-refractivity contribution in [3.63, 3.8) is 0 Å². The first-order valence-corrected chi connectivity index (χ1v) is 5.00. The van der Waals surface area contributed by atoms with Crippen molar-refractivity contribution in [1.29, 1.82) is 0 Å². The van der Waals surface area contributed by atoms with Gasteiger partial charge in [-0.05, 0) is 25.8 Å². The van der Waals surface area contributed by atoms with Crippen LogP contribution in [-0.2, 0) is 0 Å². The number of hydrogen-bond donors (Lipinski definition) is 1. The molecular weight excluding hydrogens is 178 g/mol. The minimum atomic E-state index is -0.237. The van der Waals surface area contributed by atoms with E-state index < -0.39 is 0 Å². The fraction of sp³-hybridized carbons (Fsp3) is 0.600. The molecule has 0 radical (unpaired) electrons. The normalized spacial score (nSPS) is 27.7. The zero-order chi connectivity index (χ0) is 9.97. The van der Waals surface area contributed by atoms with Crippen LogP contribution in [0.5, 0.6) is 0 Å². The highest BCUT2D eigenvalue weighted by atomic mass is 16.3. The molecule has 1 N–H and O–H groups in total. The van der Waals surface area contributed by atoms with Crippen LogP contribution in [0.25, 0.3) is 0 Å². The summed E-state index contributed by atoms with van der Waals surface area (Å²) in [6.45, 7) is 3.00. The molecule has 0 spiro atoms. The average molecular weight is 193 g/mol. The molecule has 2 atom stereocenters. The molecule has 1 aromatic rings. The van der Waals surface area contributed by atoms with Gasteiger partial charge in [0.2, 0.25) is 0 Å². The monoisotopic (exact) mass is 193 g/mol. The van der Waals surface area contributed by atoms with Crippen LogP contribution in [0.2, 0.25) is 0 Å². The largest absolute Gasteiger partial charge is 0.391 e. The average Bonchev–Trinajstić information content (AvgIpc) is 2.23. The number of nitrogens with zero attached hydrogens (tertiary/aromatic N) is 3. The predicted octanol–water partition coefficient (Wildman–Crippen LogP) is 0.826. The van der Waals surface area contributed by atoms with Crippen molar-refractivity contribution in [3.8, 4) is 0 Å². The van der Waals surface area contributed by atoms with E-state index in [1.165, 1.54) is 0 Å². The van der Waals surface area contributed by atoms with Gasteiger partial charge >= 0.3 is 0 Å². The Kier molecular flexibility index (Phi) is 2.63. The number of rotatable bonds is 1. The van der Waals surface area contributed by atoms with Gasteiger partial charge in [-0.25, -0.2) is 9.97 Å². The van der Waals surface area contributed by atoms with Gasteiger partial charge in [0.15, 0.2) is 0 Å². The summed E-state index contributed by atoms with van der Waals surface area (Å²) in [5.74, 6) is 0.909. The maximum absolute atomic E-state index is 9.72. The predicted molar refractivity (Wildman–Crippen MR) is 54.1 cm³/mol. The summed E-state index contributed by atoms with van der Waals surface area (Å²) in [5, 5.41) is 9.72. The number of hydrogen-bond acceptors (Lipinski definition) is 4. The second-order valence-corrected chi connectivity index (χ2v) is 3.71. The lowest BCUT2D eigenvalue weighted by Gasteiger charge is -2.37. The molecule has 76 valence electrons. The third kappa shape index (κ3) is 1.70. The maximum Gasteiger partial charge on any atom is 0.132 e. The molecule has 0 aliphatic carbocycles. The Labute approximate surface area is 83.6 Å². The highest BCUT2D eigenvalue weighted by molar-refractivity contribution is 5.38. The molecule has 4 heteroatoms. The molecule has 0 amide bonds. The fourth-order valence-electron chi connectivity index (χ4n) is 1.90. The molecule has 2 rings (SSSR count). The first-order valence-electron chi connectivity index (χ1n) is 5.00. The van der Waals surface area contributed by atoms with Crippen LogP contribution in [0.4, 0.5) is 5.82 Å². The second kappa shape index (κ2) is 3.92. The molecule has 0 aromatic carbocycles. The SMILES string of the molecule is CC1C(O)CCCN1c1ccncn1. The van der Waals surface area contributed by atoms with Gasteiger partial charge in [-0.15, -0.1) is 0 Å². The molecule has 2 heterocycles. The van der Waals surface area contributed by atoms with Gasteiger partial charge in [-0.1, -0.05) is 0 Å². The molecule has 4 nitrogen and oxygen atoms in total. The molecule has 2 unspecified atom stereocenters. The highest BCUT2D eigenvalue weighted by Gasteiger charge is 2.26. The van der Waals surface area contributed by atoms with E-state index in [0.29, 0.717) is 0 Å². The smallest absolute Gasteiger partial charge is 0.132 e.